The smallest absolute Gasteiger partial charge is 0.122 e. The minimum absolute atomic E-state index is 0.138. The Balaban J connectivity index is 2.10. The first-order valence-corrected chi connectivity index (χ1v) is 8.28. The van der Waals surface area contributed by atoms with Gasteiger partial charge in [0.25, 0.3) is 0 Å². The molecule has 1 aliphatic rings. The first-order valence-electron chi connectivity index (χ1n) is 7.46. The summed E-state index contributed by atoms with van der Waals surface area (Å²) in [4.78, 5) is 6.37. The quantitative estimate of drug-likeness (QED) is 0.864. The zero-order valence-electron chi connectivity index (χ0n) is 12.5. The number of hydrogen-bond acceptors (Lipinski definition) is 4. The number of fused-ring (bicyclic) bond motifs is 1. The van der Waals surface area contributed by atoms with Crippen LogP contribution in [-0.2, 0) is 11.2 Å². The van der Waals surface area contributed by atoms with Gasteiger partial charge in [0, 0.05) is 30.0 Å². The third-order valence-electron chi connectivity index (χ3n) is 3.62. The molecule has 2 atom stereocenters. The Kier molecular flexibility index (Phi) is 5.37. The van der Waals surface area contributed by atoms with Gasteiger partial charge in [-0.2, -0.15) is 0 Å². The van der Waals surface area contributed by atoms with Crippen LogP contribution in [0.25, 0.3) is 0 Å². The monoisotopic (exact) mass is 282 g/mol. The van der Waals surface area contributed by atoms with Gasteiger partial charge in [-0.3, -0.25) is 0 Å². The topological polar surface area (TPSA) is 34.1 Å². The largest absolute Gasteiger partial charge is 0.372 e. The molecule has 0 aliphatic heterocycles. The van der Waals surface area contributed by atoms with E-state index < -0.39 is 0 Å². The van der Waals surface area contributed by atoms with Crippen LogP contribution in [0.5, 0.6) is 0 Å². The summed E-state index contributed by atoms with van der Waals surface area (Å²) >= 11 is 1.86. The molecular formula is C15H26N2OS. The van der Waals surface area contributed by atoms with Gasteiger partial charge in [-0.25, -0.2) is 4.98 Å². The van der Waals surface area contributed by atoms with Crippen LogP contribution in [0.3, 0.4) is 0 Å². The SMILES string of the molecule is CCOC(C)c1nc2c(s1)CCCC2CNC(C)C. The first-order chi connectivity index (χ1) is 9.11. The van der Waals surface area contributed by atoms with E-state index in [2.05, 4.69) is 26.1 Å². The zero-order chi connectivity index (χ0) is 13.8. The summed E-state index contributed by atoms with van der Waals surface area (Å²) in [6.45, 7) is 10.4. The molecule has 1 aliphatic carbocycles. The van der Waals surface area contributed by atoms with Crippen LogP contribution in [0, 0.1) is 0 Å². The maximum atomic E-state index is 5.67. The number of nitrogens with zero attached hydrogens (tertiary/aromatic N) is 1. The number of nitrogens with one attached hydrogen (secondary N) is 1. The molecule has 0 fully saturated rings. The number of rotatable bonds is 6. The average molecular weight is 282 g/mol. The van der Waals surface area contributed by atoms with Gasteiger partial charge in [-0.05, 0) is 33.1 Å². The standard InChI is InChI=1S/C15H26N2OS/c1-5-18-11(4)15-17-14-12(9-16-10(2)3)7-6-8-13(14)19-15/h10-12,16H,5-9H2,1-4H3. The molecule has 0 amide bonds. The predicted molar refractivity (Wildman–Crippen MR) is 81.0 cm³/mol. The Bertz CT molecular complexity index is 403. The van der Waals surface area contributed by atoms with E-state index in [1.165, 1.54) is 29.8 Å². The van der Waals surface area contributed by atoms with Crippen LogP contribution in [0.4, 0.5) is 0 Å². The number of aryl methyl sites for hydroxylation is 1. The fourth-order valence-corrected chi connectivity index (χ4v) is 3.79. The molecule has 19 heavy (non-hydrogen) atoms. The molecule has 0 saturated heterocycles. The summed E-state index contributed by atoms with van der Waals surface area (Å²) < 4.78 is 5.67. The van der Waals surface area contributed by atoms with Crippen molar-refractivity contribution in [1.29, 1.82) is 0 Å². The van der Waals surface area contributed by atoms with Crippen molar-refractivity contribution in [2.45, 2.75) is 65.0 Å². The van der Waals surface area contributed by atoms with E-state index in [9.17, 15) is 0 Å². The molecule has 1 N–H and O–H groups in total. The Morgan fingerprint density at radius 3 is 2.89 bits per heavy atom. The van der Waals surface area contributed by atoms with Crippen molar-refractivity contribution in [2.75, 3.05) is 13.2 Å². The van der Waals surface area contributed by atoms with Crippen LogP contribution < -0.4 is 5.32 Å². The summed E-state index contributed by atoms with van der Waals surface area (Å²) in [6.07, 6.45) is 3.89. The molecule has 1 aromatic heterocycles. The van der Waals surface area contributed by atoms with Gasteiger partial charge in [0.2, 0.25) is 0 Å². The summed E-state index contributed by atoms with van der Waals surface area (Å²) in [5.74, 6) is 0.588. The molecule has 0 aromatic carbocycles. The molecule has 108 valence electrons. The molecule has 4 heteroatoms. The van der Waals surface area contributed by atoms with Gasteiger partial charge in [0.15, 0.2) is 0 Å². The molecular weight excluding hydrogens is 256 g/mol. The van der Waals surface area contributed by atoms with Crippen molar-refractivity contribution in [1.82, 2.24) is 10.3 Å². The summed E-state index contributed by atoms with van der Waals surface area (Å²) in [7, 11) is 0. The maximum Gasteiger partial charge on any atom is 0.122 e. The van der Waals surface area contributed by atoms with Crippen molar-refractivity contribution in [3.8, 4) is 0 Å². The molecule has 0 radical (unpaired) electrons. The molecule has 1 heterocycles. The van der Waals surface area contributed by atoms with Gasteiger partial charge in [-0.1, -0.05) is 13.8 Å². The lowest BCUT2D eigenvalue weighted by Gasteiger charge is -2.22. The second kappa shape index (κ2) is 6.82. The van der Waals surface area contributed by atoms with Crippen molar-refractivity contribution in [3.63, 3.8) is 0 Å². The number of thiazole rings is 1. The molecule has 0 spiro atoms. The number of ether oxygens (including phenoxy) is 1. The molecule has 0 saturated carbocycles. The van der Waals surface area contributed by atoms with E-state index in [1.54, 1.807) is 0 Å². The summed E-state index contributed by atoms with van der Waals surface area (Å²) in [5.41, 5.74) is 1.34. The minimum atomic E-state index is 0.138. The van der Waals surface area contributed by atoms with Crippen molar-refractivity contribution in [2.24, 2.45) is 0 Å². The van der Waals surface area contributed by atoms with E-state index in [-0.39, 0.29) is 6.10 Å². The highest BCUT2D eigenvalue weighted by Gasteiger charge is 2.26. The van der Waals surface area contributed by atoms with E-state index in [4.69, 9.17) is 9.72 Å². The normalized spacial score (nSPS) is 20.6. The lowest BCUT2D eigenvalue weighted by atomic mass is 9.91. The predicted octanol–water partition coefficient (Wildman–Crippen LogP) is 3.66. The second-order valence-corrected chi connectivity index (χ2v) is 6.73. The number of aromatic nitrogens is 1. The Morgan fingerprint density at radius 2 is 2.21 bits per heavy atom. The van der Waals surface area contributed by atoms with Crippen LogP contribution in [0.15, 0.2) is 0 Å². The fraction of sp³-hybridized carbons (Fsp3) is 0.800. The van der Waals surface area contributed by atoms with E-state index in [0.29, 0.717) is 12.0 Å². The molecule has 3 nitrogen and oxygen atoms in total. The van der Waals surface area contributed by atoms with E-state index in [0.717, 1.165) is 18.2 Å². The van der Waals surface area contributed by atoms with Crippen molar-refractivity contribution < 1.29 is 4.74 Å². The minimum Gasteiger partial charge on any atom is -0.372 e. The van der Waals surface area contributed by atoms with Gasteiger partial charge in [0.05, 0.1) is 5.69 Å². The van der Waals surface area contributed by atoms with Gasteiger partial charge in [0.1, 0.15) is 11.1 Å². The Morgan fingerprint density at radius 1 is 1.42 bits per heavy atom. The summed E-state index contributed by atoms with van der Waals surface area (Å²) in [6, 6.07) is 0.547. The fourth-order valence-electron chi connectivity index (χ4n) is 2.60. The maximum absolute atomic E-state index is 5.67. The molecule has 2 unspecified atom stereocenters. The highest BCUT2D eigenvalue weighted by atomic mass is 32.1. The third-order valence-corrected chi connectivity index (χ3v) is 4.92. The third kappa shape index (κ3) is 3.77. The lowest BCUT2D eigenvalue weighted by Crippen LogP contribution is -2.29. The van der Waals surface area contributed by atoms with Crippen molar-refractivity contribution >= 4 is 11.3 Å². The van der Waals surface area contributed by atoms with Crippen molar-refractivity contribution in [3.05, 3.63) is 15.6 Å². The van der Waals surface area contributed by atoms with Crippen LogP contribution in [0.2, 0.25) is 0 Å². The lowest BCUT2D eigenvalue weighted by molar-refractivity contribution is 0.0760. The summed E-state index contributed by atoms with van der Waals surface area (Å²) in [5, 5.41) is 4.71. The van der Waals surface area contributed by atoms with E-state index >= 15 is 0 Å². The second-order valence-electron chi connectivity index (χ2n) is 5.61. The molecule has 2 rings (SSSR count). The molecule has 0 bridgehead atoms. The van der Waals surface area contributed by atoms with Crippen LogP contribution in [0.1, 0.15) is 68.1 Å². The van der Waals surface area contributed by atoms with E-state index in [1.807, 2.05) is 18.3 Å². The Hall–Kier alpha value is -0.450. The number of hydrogen-bond donors (Lipinski definition) is 1. The zero-order valence-corrected chi connectivity index (χ0v) is 13.3. The average Bonchev–Trinajstić information content (AvgIpc) is 2.80. The Labute approximate surface area is 120 Å². The van der Waals surface area contributed by atoms with Gasteiger partial charge >= 0.3 is 0 Å². The molecule has 1 aromatic rings. The highest BCUT2D eigenvalue weighted by Crippen LogP contribution is 2.36. The van der Waals surface area contributed by atoms with Gasteiger partial charge in [-0.15, -0.1) is 11.3 Å². The van der Waals surface area contributed by atoms with Gasteiger partial charge < -0.3 is 10.1 Å². The van der Waals surface area contributed by atoms with Crippen LogP contribution >= 0.6 is 11.3 Å². The van der Waals surface area contributed by atoms with Crippen LogP contribution in [-0.4, -0.2) is 24.2 Å². The first kappa shape index (κ1) is 14.9. The highest BCUT2D eigenvalue weighted by molar-refractivity contribution is 7.11.